The molecule has 0 atom stereocenters. The molecule has 1 aliphatic rings. The Morgan fingerprint density at radius 2 is 2.14 bits per heavy atom. The third kappa shape index (κ3) is 2.38. The van der Waals surface area contributed by atoms with Crippen molar-refractivity contribution in [2.24, 2.45) is 5.92 Å². The summed E-state index contributed by atoms with van der Waals surface area (Å²) in [7, 11) is 0. The first-order chi connectivity index (χ1) is 6.88. The predicted molar refractivity (Wildman–Crippen MR) is 57.1 cm³/mol. The van der Waals surface area contributed by atoms with Gasteiger partial charge < -0.3 is 9.73 Å². The van der Waals surface area contributed by atoms with Gasteiger partial charge in [-0.1, -0.05) is 13.3 Å². The van der Waals surface area contributed by atoms with Gasteiger partial charge in [0.15, 0.2) is 0 Å². The van der Waals surface area contributed by atoms with Crippen LogP contribution in [0.25, 0.3) is 0 Å². The maximum absolute atomic E-state index is 5.60. The van der Waals surface area contributed by atoms with Crippen molar-refractivity contribution >= 4 is 0 Å². The molecule has 1 aliphatic carbocycles. The molecule has 1 saturated carbocycles. The molecule has 0 spiro atoms. The second-order valence-electron chi connectivity index (χ2n) is 4.15. The quantitative estimate of drug-likeness (QED) is 0.777. The number of nitrogens with one attached hydrogen (secondary N) is 1. The molecular weight excluding hydrogens is 174 g/mol. The van der Waals surface area contributed by atoms with Crippen LogP contribution in [-0.2, 0) is 13.0 Å². The molecule has 1 fully saturated rings. The maximum atomic E-state index is 5.60. The molecule has 2 heteroatoms. The molecule has 0 radical (unpaired) electrons. The fourth-order valence-corrected chi connectivity index (χ4v) is 1.80. The van der Waals surface area contributed by atoms with Gasteiger partial charge in [-0.2, -0.15) is 0 Å². The summed E-state index contributed by atoms with van der Waals surface area (Å²) in [6.07, 6.45) is 5.23. The molecule has 14 heavy (non-hydrogen) atoms. The third-order valence-corrected chi connectivity index (χ3v) is 3.02. The Kier molecular flexibility index (Phi) is 3.25. The molecule has 1 heterocycles. The molecule has 1 N–H and O–H groups in total. The van der Waals surface area contributed by atoms with Crippen LogP contribution in [0.5, 0.6) is 0 Å². The lowest BCUT2D eigenvalue weighted by molar-refractivity contribution is 0.297. The molecule has 0 aromatic carbocycles. The largest absolute Gasteiger partial charge is 0.465 e. The Morgan fingerprint density at radius 3 is 2.71 bits per heavy atom. The minimum absolute atomic E-state index is 0.885. The second-order valence-corrected chi connectivity index (χ2v) is 4.15. The van der Waals surface area contributed by atoms with E-state index in [0.717, 1.165) is 36.9 Å². The van der Waals surface area contributed by atoms with Crippen molar-refractivity contribution in [2.45, 2.75) is 39.2 Å². The van der Waals surface area contributed by atoms with E-state index in [1.54, 1.807) is 0 Å². The molecule has 1 aromatic rings. The number of rotatable bonds is 5. The van der Waals surface area contributed by atoms with E-state index in [-0.39, 0.29) is 0 Å². The fraction of sp³-hybridized carbons (Fsp3) is 0.667. The van der Waals surface area contributed by atoms with Gasteiger partial charge in [-0.3, -0.25) is 0 Å². The van der Waals surface area contributed by atoms with Crippen molar-refractivity contribution in [2.75, 3.05) is 6.54 Å². The van der Waals surface area contributed by atoms with Crippen molar-refractivity contribution in [1.82, 2.24) is 5.32 Å². The van der Waals surface area contributed by atoms with Crippen LogP contribution in [0, 0.1) is 5.92 Å². The van der Waals surface area contributed by atoms with Crippen LogP contribution in [0.3, 0.4) is 0 Å². The van der Waals surface area contributed by atoms with E-state index in [1.165, 1.54) is 19.3 Å². The van der Waals surface area contributed by atoms with E-state index in [4.69, 9.17) is 4.42 Å². The van der Waals surface area contributed by atoms with Gasteiger partial charge in [0.25, 0.3) is 0 Å². The Bertz CT molecular complexity index is 276. The van der Waals surface area contributed by atoms with Gasteiger partial charge in [0.2, 0.25) is 0 Å². The second kappa shape index (κ2) is 4.65. The summed E-state index contributed by atoms with van der Waals surface area (Å²) in [5, 5.41) is 3.45. The average Bonchev–Trinajstić information content (AvgIpc) is 2.57. The zero-order valence-corrected chi connectivity index (χ0v) is 8.88. The zero-order valence-electron chi connectivity index (χ0n) is 8.88. The van der Waals surface area contributed by atoms with Gasteiger partial charge in [0, 0.05) is 6.42 Å². The van der Waals surface area contributed by atoms with Crippen LogP contribution in [0.15, 0.2) is 16.5 Å². The third-order valence-electron chi connectivity index (χ3n) is 3.02. The van der Waals surface area contributed by atoms with Crippen LogP contribution in [-0.4, -0.2) is 6.54 Å². The van der Waals surface area contributed by atoms with Crippen LogP contribution in [0.4, 0.5) is 0 Å². The highest BCUT2D eigenvalue weighted by Crippen LogP contribution is 2.25. The van der Waals surface area contributed by atoms with Gasteiger partial charge in [-0.05, 0) is 37.4 Å². The monoisotopic (exact) mass is 193 g/mol. The van der Waals surface area contributed by atoms with E-state index >= 15 is 0 Å². The normalized spacial score (nSPS) is 16.9. The molecule has 1 aromatic heterocycles. The first-order valence-electron chi connectivity index (χ1n) is 5.66. The lowest BCUT2D eigenvalue weighted by atomic mass is 9.85. The molecule has 0 unspecified atom stereocenters. The van der Waals surface area contributed by atoms with Crippen LogP contribution < -0.4 is 5.32 Å². The van der Waals surface area contributed by atoms with Crippen LogP contribution in [0.1, 0.15) is 37.7 Å². The first kappa shape index (κ1) is 9.78. The Morgan fingerprint density at radius 1 is 1.36 bits per heavy atom. The van der Waals surface area contributed by atoms with Crippen molar-refractivity contribution in [1.29, 1.82) is 0 Å². The molecule has 78 valence electrons. The highest BCUT2D eigenvalue weighted by Gasteiger charge is 2.16. The van der Waals surface area contributed by atoms with Crippen molar-refractivity contribution < 1.29 is 4.42 Å². The van der Waals surface area contributed by atoms with Gasteiger partial charge in [0.1, 0.15) is 11.5 Å². The molecule has 2 rings (SSSR count). The van der Waals surface area contributed by atoms with Crippen molar-refractivity contribution in [3.63, 3.8) is 0 Å². The molecule has 0 aliphatic heterocycles. The number of furan rings is 1. The lowest BCUT2D eigenvalue weighted by Gasteiger charge is -2.25. The maximum Gasteiger partial charge on any atom is 0.117 e. The van der Waals surface area contributed by atoms with Gasteiger partial charge in [-0.15, -0.1) is 0 Å². The molecular formula is C12H19NO. The summed E-state index contributed by atoms with van der Waals surface area (Å²) in [6, 6.07) is 4.15. The smallest absolute Gasteiger partial charge is 0.117 e. The van der Waals surface area contributed by atoms with E-state index in [0.29, 0.717) is 0 Å². The Balaban J connectivity index is 1.68. The van der Waals surface area contributed by atoms with E-state index < -0.39 is 0 Å². The highest BCUT2D eigenvalue weighted by atomic mass is 16.3. The van der Waals surface area contributed by atoms with Gasteiger partial charge in [0.05, 0.1) is 6.54 Å². The zero-order chi connectivity index (χ0) is 9.80. The van der Waals surface area contributed by atoms with Crippen LogP contribution >= 0.6 is 0 Å². The topological polar surface area (TPSA) is 25.2 Å². The SMILES string of the molecule is CCc1ccc(CNCC2CCC2)o1. The first-order valence-corrected chi connectivity index (χ1v) is 5.66. The number of hydrogen-bond donors (Lipinski definition) is 1. The number of aryl methyl sites for hydroxylation is 1. The molecule has 0 saturated heterocycles. The summed E-state index contributed by atoms with van der Waals surface area (Å²) in [6.45, 7) is 4.16. The van der Waals surface area contributed by atoms with E-state index in [1.807, 2.05) is 0 Å². The highest BCUT2D eigenvalue weighted by molar-refractivity contribution is 5.06. The standard InChI is InChI=1S/C12H19NO/c1-2-11-6-7-12(14-11)9-13-8-10-4-3-5-10/h6-7,10,13H,2-5,8-9H2,1H3. The van der Waals surface area contributed by atoms with Gasteiger partial charge in [-0.25, -0.2) is 0 Å². The summed E-state index contributed by atoms with van der Waals surface area (Å²) in [5.41, 5.74) is 0. The summed E-state index contributed by atoms with van der Waals surface area (Å²) >= 11 is 0. The molecule has 0 amide bonds. The fourth-order valence-electron chi connectivity index (χ4n) is 1.80. The Labute approximate surface area is 85.7 Å². The summed E-state index contributed by atoms with van der Waals surface area (Å²) in [4.78, 5) is 0. The van der Waals surface area contributed by atoms with E-state index in [2.05, 4.69) is 24.4 Å². The predicted octanol–water partition coefficient (Wildman–Crippen LogP) is 2.73. The van der Waals surface area contributed by atoms with E-state index in [9.17, 15) is 0 Å². The van der Waals surface area contributed by atoms with Crippen LogP contribution in [0.2, 0.25) is 0 Å². The summed E-state index contributed by atoms with van der Waals surface area (Å²) in [5.74, 6) is 3.09. The minimum Gasteiger partial charge on any atom is -0.465 e. The number of hydrogen-bond acceptors (Lipinski definition) is 2. The molecule has 2 nitrogen and oxygen atoms in total. The average molecular weight is 193 g/mol. The Hall–Kier alpha value is -0.760. The van der Waals surface area contributed by atoms with Crippen molar-refractivity contribution in [3.8, 4) is 0 Å². The van der Waals surface area contributed by atoms with Gasteiger partial charge >= 0.3 is 0 Å². The lowest BCUT2D eigenvalue weighted by Crippen LogP contribution is -2.26. The molecule has 0 bridgehead atoms. The van der Waals surface area contributed by atoms with Crippen molar-refractivity contribution in [3.05, 3.63) is 23.7 Å². The minimum atomic E-state index is 0.885. The summed E-state index contributed by atoms with van der Waals surface area (Å²) < 4.78 is 5.60.